The van der Waals surface area contributed by atoms with Crippen LogP contribution in [0.4, 0.5) is 0 Å². The van der Waals surface area contributed by atoms with E-state index in [4.69, 9.17) is 19.0 Å². The van der Waals surface area contributed by atoms with Gasteiger partial charge in [-0.05, 0) is 31.2 Å². The molecule has 1 aliphatic heterocycles. The van der Waals surface area contributed by atoms with Crippen LogP contribution in [0.2, 0.25) is 0 Å². The van der Waals surface area contributed by atoms with E-state index in [0.29, 0.717) is 5.56 Å². The number of hydrogen-bond donors (Lipinski definition) is 8. The Labute approximate surface area is 230 Å². The molecule has 0 spiro atoms. The molecule has 1 aromatic heterocycles. The van der Waals surface area contributed by atoms with Gasteiger partial charge in [-0.15, -0.1) is 0 Å². The summed E-state index contributed by atoms with van der Waals surface area (Å²) in [7, 11) is 0. The van der Waals surface area contributed by atoms with E-state index in [2.05, 4.69) is 0 Å². The molecule has 0 bridgehead atoms. The van der Waals surface area contributed by atoms with E-state index in [9.17, 15) is 50.1 Å². The molecule has 4 rings (SSSR count). The van der Waals surface area contributed by atoms with Crippen LogP contribution in [0.5, 0.6) is 17.2 Å². The third kappa shape index (κ3) is 6.26. The molecule has 2 aromatic carbocycles. The van der Waals surface area contributed by atoms with Gasteiger partial charge in [0.15, 0.2) is 11.0 Å². The number of ether oxygens (including phenoxy) is 2. The van der Waals surface area contributed by atoms with Crippen LogP contribution < -0.4 is 5.43 Å². The molecule has 0 radical (unpaired) electrons. The van der Waals surface area contributed by atoms with Crippen molar-refractivity contribution in [3.8, 4) is 28.6 Å². The van der Waals surface area contributed by atoms with Crippen molar-refractivity contribution in [3.05, 3.63) is 52.2 Å². The van der Waals surface area contributed by atoms with Crippen LogP contribution in [0.25, 0.3) is 22.3 Å². The van der Waals surface area contributed by atoms with Gasteiger partial charge in [-0.1, -0.05) is 0 Å². The number of phenols is 3. The van der Waals surface area contributed by atoms with Crippen molar-refractivity contribution < 1.29 is 64.3 Å². The molecular weight excluding hydrogens is 548 g/mol. The Morgan fingerprint density at radius 3 is 2.24 bits per heavy atom. The fourth-order valence-electron chi connectivity index (χ4n) is 4.62. The van der Waals surface area contributed by atoms with Gasteiger partial charge >= 0.3 is 11.9 Å². The number of aliphatic hydroxyl groups is 4. The van der Waals surface area contributed by atoms with Crippen LogP contribution in [0.15, 0.2) is 45.6 Å². The highest BCUT2D eigenvalue weighted by molar-refractivity contribution is 5.89. The largest absolute Gasteiger partial charge is 0.508 e. The summed E-state index contributed by atoms with van der Waals surface area (Å²) in [6.07, 6.45) is -10.3. The number of esters is 1. The van der Waals surface area contributed by atoms with E-state index in [1.54, 1.807) is 0 Å². The second-order valence-electron chi connectivity index (χ2n) is 10.0. The Kier molecular flexibility index (Phi) is 8.24. The molecule has 3 unspecified atom stereocenters. The third-order valence-electron chi connectivity index (χ3n) is 6.61. The number of rotatable bonds is 8. The average Bonchev–Trinajstić information content (AvgIpc) is 2.86. The van der Waals surface area contributed by atoms with E-state index in [-0.39, 0.29) is 22.5 Å². The first-order chi connectivity index (χ1) is 19.2. The highest BCUT2D eigenvalue weighted by atomic mass is 16.6. The quantitative estimate of drug-likeness (QED) is 0.168. The van der Waals surface area contributed by atoms with Crippen LogP contribution in [-0.2, 0) is 19.1 Å². The van der Waals surface area contributed by atoms with Gasteiger partial charge in [0.1, 0.15) is 65.5 Å². The zero-order valence-electron chi connectivity index (χ0n) is 21.5. The van der Waals surface area contributed by atoms with Gasteiger partial charge in [0.05, 0.1) is 24.0 Å². The van der Waals surface area contributed by atoms with Crippen LogP contribution in [-0.4, -0.2) is 89.4 Å². The predicted molar refractivity (Wildman–Crippen MR) is 137 cm³/mol. The van der Waals surface area contributed by atoms with E-state index < -0.39 is 90.0 Å². The monoisotopic (exact) mass is 576 g/mol. The standard InChI is InChI=1S/C27H28O14/c1-27(38,8-18(32)33)9-19(34)39-10-17-22(35)23(36)24(37)26(41-17)21-14(30)6-13(29)20-15(31)7-16(40-25(20)21)11-2-4-12(28)5-3-11/h2-7,17,22-24,26,28-30,35-38H,8-10H2,1H3,(H,32,33)/t17-,22+,23?,24?,26-,27?/m0/s1. The topological polar surface area (TPSA) is 245 Å². The van der Waals surface area contributed by atoms with Crippen LogP contribution >= 0.6 is 0 Å². The minimum absolute atomic E-state index is 0.0430. The van der Waals surface area contributed by atoms with Crippen molar-refractivity contribution >= 4 is 22.9 Å². The summed E-state index contributed by atoms with van der Waals surface area (Å²) in [5.74, 6) is -3.86. The first-order valence-electron chi connectivity index (χ1n) is 12.3. The lowest BCUT2D eigenvalue weighted by atomic mass is 9.89. The summed E-state index contributed by atoms with van der Waals surface area (Å²) in [6, 6.07) is 7.41. The molecule has 14 nitrogen and oxygen atoms in total. The summed E-state index contributed by atoms with van der Waals surface area (Å²) >= 11 is 0. The Balaban J connectivity index is 1.69. The Bertz CT molecular complexity index is 1510. The van der Waals surface area contributed by atoms with Gasteiger partial charge in [0.2, 0.25) is 0 Å². The highest BCUT2D eigenvalue weighted by Crippen LogP contribution is 2.43. The molecule has 0 aliphatic carbocycles. The van der Waals surface area contributed by atoms with Crippen LogP contribution in [0.1, 0.15) is 31.4 Å². The fourth-order valence-corrected chi connectivity index (χ4v) is 4.62. The summed E-state index contributed by atoms with van der Waals surface area (Å²) < 4.78 is 16.6. The van der Waals surface area contributed by atoms with Crippen molar-refractivity contribution in [3.63, 3.8) is 0 Å². The molecule has 1 fully saturated rings. The fraction of sp³-hybridized carbons (Fsp3) is 0.370. The van der Waals surface area contributed by atoms with Crippen molar-refractivity contribution in [1.82, 2.24) is 0 Å². The second kappa shape index (κ2) is 11.3. The number of carboxylic acid groups (broad SMARTS) is 1. The zero-order valence-corrected chi connectivity index (χ0v) is 21.5. The lowest BCUT2D eigenvalue weighted by molar-refractivity contribution is -0.235. The second-order valence-corrected chi connectivity index (χ2v) is 10.0. The number of carbonyl (C=O) groups excluding carboxylic acids is 1. The van der Waals surface area contributed by atoms with Gasteiger partial charge in [0, 0.05) is 17.7 Å². The number of carboxylic acids is 1. The lowest BCUT2D eigenvalue weighted by Gasteiger charge is -2.40. The molecule has 3 aromatic rings. The van der Waals surface area contributed by atoms with Gasteiger partial charge in [-0.3, -0.25) is 14.4 Å². The smallest absolute Gasteiger partial charge is 0.308 e. The molecule has 6 atom stereocenters. The maximum absolute atomic E-state index is 13.0. The average molecular weight is 577 g/mol. The first kappa shape index (κ1) is 29.8. The molecule has 220 valence electrons. The summed E-state index contributed by atoms with van der Waals surface area (Å²) in [4.78, 5) is 36.1. The van der Waals surface area contributed by atoms with Gasteiger partial charge < -0.3 is 54.7 Å². The number of aliphatic carboxylic acids is 1. The normalized spacial score (nSPS) is 24.1. The molecule has 1 saturated heterocycles. The minimum Gasteiger partial charge on any atom is -0.508 e. The van der Waals surface area contributed by atoms with Crippen molar-refractivity contribution in [2.45, 2.75) is 55.9 Å². The Hall–Kier alpha value is -4.21. The van der Waals surface area contributed by atoms with Crippen LogP contribution in [0.3, 0.4) is 0 Å². The van der Waals surface area contributed by atoms with Gasteiger partial charge in [0.25, 0.3) is 0 Å². The Morgan fingerprint density at radius 1 is 0.951 bits per heavy atom. The molecule has 1 aliphatic rings. The molecule has 0 saturated carbocycles. The number of hydrogen-bond acceptors (Lipinski definition) is 13. The lowest BCUT2D eigenvalue weighted by Crippen LogP contribution is -2.55. The molecule has 2 heterocycles. The number of aliphatic hydroxyl groups excluding tert-OH is 3. The van der Waals surface area contributed by atoms with Crippen molar-refractivity contribution in [1.29, 1.82) is 0 Å². The van der Waals surface area contributed by atoms with E-state index in [0.717, 1.165) is 19.1 Å². The summed E-state index contributed by atoms with van der Waals surface area (Å²) in [5.41, 5.74) is -3.12. The van der Waals surface area contributed by atoms with Crippen molar-refractivity contribution in [2.75, 3.05) is 6.61 Å². The SMILES string of the molecule is CC(O)(CC(=O)O)CC(=O)OC[C@@H]1O[C@@H](c2c(O)cc(O)c3c(=O)cc(-c4ccc(O)cc4)oc23)C(O)C(O)[C@@H]1O. The van der Waals surface area contributed by atoms with E-state index in [1.807, 2.05) is 0 Å². The Morgan fingerprint density at radius 2 is 1.61 bits per heavy atom. The van der Waals surface area contributed by atoms with E-state index in [1.165, 1.54) is 24.3 Å². The predicted octanol–water partition coefficient (Wildman–Crippen LogP) is 0.258. The van der Waals surface area contributed by atoms with Gasteiger partial charge in [-0.25, -0.2) is 0 Å². The van der Waals surface area contributed by atoms with Crippen molar-refractivity contribution in [2.24, 2.45) is 0 Å². The minimum atomic E-state index is -1.93. The molecular formula is C27H28O14. The molecule has 14 heteroatoms. The van der Waals surface area contributed by atoms with Gasteiger partial charge in [-0.2, -0.15) is 0 Å². The third-order valence-corrected chi connectivity index (χ3v) is 6.61. The number of benzene rings is 2. The van der Waals surface area contributed by atoms with E-state index >= 15 is 0 Å². The summed E-state index contributed by atoms with van der Waals surface area (Å²) in [6.45, 7) is 0.395. The number of phenolic OH excluding ortho intramolecular Hbond substituents is 3. The summed E-state index contributed by atoms with van der Waals surface area (Å²) in [5, 5.41) is 81.1. The van der Waals surface area contributed by atoms with Crippen LogP contribution in [0, 0.1) is 0 Å². The maximum atomic E-state index is 13.0. The molecule has 41 heavy (non-hydrogen) atoms. The molecule has 8 N–H and O–H groups in total. The zero-order chi connectivity index (χ0) is 30.2. The number of aromatic hydroxyl groups is 3. The highest BCUT2D eigenvalue weighted by Gasteiger charge is 2.47. The number of fused-ring (bicyclic) bond motifs is 1. The number of carbonyl (C=O) groups is 2. The molecule has 0 amide bonds. The first-order valence-corrected chi connectivity index (χ1v) is 12.3. The maximum Gasteiger partial charge on any atom is 0.308 e.